The summed E-state index contributed by atoms with van der Waals surface area (Å²) in [5, 5.41) is 4.12. The highest BCUT2D eigenvalue weighted by Crippen LogP contribution is 2.39. The lowest BCUT2D eigenvalue weighted by Gasteiger charge is -2.10. The van der Waals surface area contributed by atoms with Gasteiger partial charge in [-0.1, -0.05) is 0 Å². The summed E-state index contributed by atoms with van der Waals surface area (Å²) < 4.78 is 9.93. The first-order chi connectivity index (χ1) is 9.80. The fourth-order valence-electron chi connectivity index (χ4n) is 2.03. The molecule has 1 saturated carbocycles. The average Bonchev–Trinajstić information content (AvgIpc) is 3.21. The third-order valence-corrected chi connectivity index (χ3v) is 3.86. The van der Waals surface area contributed by atoms with Crippen molar-refractivity contribution in [2.24, 2.45) is 5.73 Å². The van der Waals surface area contributed by atoms with Crippen LogP contribution in [-0.2, 0) is 6.54 Å². The van der Waals surface area contributed by atoms with Crippen molar-refractivity contribution in [3.63, 3.8) is 0 Å². The van der Waals surface area contributed by atoms with Crippen LogP contribution in [0.25, 0.3) is 0 Å². The van der Waals surface area contributed by atoms with Gasteiger partial charge < -0.3 is 15.8 Å². The summed E-state index contributed by atoms with van der Waals surface area (Å²) in [6.07, 6.45) is 2.44. The zero-order chi connectivity index (χ0) is 13.9. The summed E-state index contributed by atoms with van der Waals surface area (Å²) >= 11 is 1.41. The van der Waals surface area contributed by atoms with Gasteiger partial charge in [-0.05, 0) is 38.0 Å². The van der Waals surface area contributed by atoms with E-state index < -0.39 is 0 Å². The Bertz CT molecular complexity index is 595. The Kier molecular flexibility index (Phi) is 3.84. The van der Waals surface area contributed by atoms with Crippen LogP contribution in [0.2, 0.25) is 0 Å². The van der Waals surface area contributed by atoms with Crippen LogP contribution in [0.3, 0.4) is 0 Å². The normalized spacial score (nSPS) is 14.3. The van der Waals surface area contributed by atoms with E-state index in [0.29, 0.717) is 19.1 Å². The van der Waals surface area contributed by atoms with Gasteiger partial charge in [0.05, 0.1) is 6.61 Å². The molecule has 106 valence electrons. The van der Waals surface area contributed by atoms with Crippen molar-refractivity contribution in [1.82, 2.24) is 9.36 Å². The number of nitrogens with one attached hydrogen (secondary N) is 1. The van der Waals surface area contributed by atoms with Gasteiger partial charge in [-0.25, -0.2) is 4.98 Å². The molecule has 6 heteroatoms. The van der Waals surface area contributed by atoms with Gasteiger partial charge in [-0.3, -0.25) is 0 Å². The predicted octanol–water partition coefficient (Wildman–Crippen LogP) is 3.02. The van der Waals surface area contributed by atoms with E-state index in [1.807, 2.05) is 25.1 Å². The van der Waals surface area contributed by atoms with Crippen molar-refractivity contribution in [1.29, 1.82) is 0 Å². The second kappa shape index (κ2) is 5.76. The molecule has 1 aromatic carbocycles. The fraction of sp³-hybridized carbons (Fsp3) is 0.429. The molecule has 1 fully saturated rings. The molecule has 0 amide bonds. The lowest BCUT2D eigenvalue weighted by Crippen LogP contribution is -2.03. The quantitative estimate of drug-likeness (QED) is 0.855. The molecule has 0 spiro atoms. The summed E-state index contributed by atoms with van der Waals surface area (Å²) in [5.41, 5.74) is 7.72. The molecule has 1 aromatic heterocycles. The highest BCUT2D eigenvalue weighted by molar-refractivity contribution is 7.09. The SMILES string of the molecule is CCOc1ccc(Nc2nc(C3CC3)ns2)cc1CN. The van der Waals surface area contributed by atoms with Crippen LogP contribution in [-0.4, -0.2) is 16.0 Å². The molecule has 5 nitrogen and oxygen atoms in total. The standard InChI is InChI=1S/C14H18N4OS/c1-2-19-12-6-5-11(7-10(12)8-15)16-14-17-13(18-20-14)9-3-4-9/h5-7,9H,2-4,8,15H2,1H3,(H,16,17,18). The summed E-state index contributed by atoms with van der Waals surface area (Å²) in [4.78, 5) is 4.52. The van der Waals surface area contributed by atoms with Crippen molar-refractivity contribution in [3.8, 4) is 5.75 Å². The van der Waals surface area contributed by atoms with Gasteiger partial charge in [0, 0.05) is 35.2 Å². The minimum atomic E-state index is 0.453. The van der Waals surface area contributed by atoms with Crippen LogP contribution >= 0.6 is 11.5 Å². The number of hydrogen-bond acceptors (Lipinski definition) is 6. The zero-order valence-corrected chi connectivity index (χ0v) is 12.2. The molecule has 20 heavy (non-hydrogen) atoms. The van der Waals surface area contributed by atoms with Gasteiger partial charge in [-0.2, -0.15) is 4.37 Å². The van der Waals surface area contributed by atoms with Gasteiger partial charge in [-0.15, -0.1) is 0 Å². The largest absolute Gasteiger partial charge is 0.494 e. The number of hydrogen-bond donors (Lipinski definition) is 2. The molecule has 0 atom stereocenters. The van der Waals surface area contributed by atoms with Gasteiger partial charge in [0.25, 0.3) is 0 Å². The first kappa shape index (κ1) is 13.3. The molecule has 0 unspecified atom stereocenters. The maximum Gasteiger partial charge on any atom is 0.207 e. The van der Waals surface area contributed by atoms with Crippen LogP contribution in [0.4, 0.5) is 10.8 Å². The second-order valence-electron chi connectivity index (χ2n) is 4.82. The third kappa shape index (κ3) is 2.91. The van der Waals surface area contributed by atoms with Crippen molar-refractivity contribution in [2.45, 2.75) is 32.2 Å². The summed E-state index contributed by atoms with van der Waals surface area (Å²) in [5.74, 6) is 2.40. The molecular weight excluding hydrogens is 272 g/mol. The predicted molar refractivity (Wildman–Crippen MR) is 80.7 cm³/mol. The highest BCUT2D eigenvalue weighted by atomic mass is 32.1. The Morgan fingerprint density at radius 2 is 2.30 bits per heavy atom. The summed E-state index contributed by atoms with van der Waals surface area (Å²) in [7, 11) is 0. The van der Waals surface area contributed by atoms with Gasteiger partial charge in [0.2, 0.25) is 5.13 Å². The van der Waals surface area contributed by atoms with Crippen LogP contribution in [0.15, 0.2) is 18.2 Å². The monoisotopic (exact) mass is 290 g/mol. The molecule has 3 N–H and O–H groups in total. The molecular formula is C14H18N4OS. The minimum absolute atomic E-state index is 0.453. The summed E-state index contributed by atoms with van der Waals surface area (Å²) in [6, 6.07) is 5.92. The molecule has 2 aromatic rings. The highest BCUT2D eigenvalue weighted by Gasteiger charge is 2.27. The molecule has 0 radical (unpaired) electrons. The fourth-order valence-corrected chi connectivity index (χ4v) is 2.70. The lowest BCUT2D eigenvalue weighted by molar-refractivity contribution is 0.336. The number of ether oxygens (including phenoxy) is 1. The zero-order valence-electron chi connectivity index (χ0n) is 11.4. The van der Waals surface area contributed by atoms with Crippen LogP contribution < -0.4 is 15.8 Å². The minimum Gasteiger partial charge on any atom is -0.494 e. The Labute approximate surface area is 122 Å². The van der Waals surface area contributed by atoms with Crippen LogP contribution in [0.5, 0.6) is 5.75 Å². The topological polar surface area (TPSA) is 73.1 Å². The molecule has 1 aliphatic rings. The van der Waals surface area contributed by atoms with Gasteiger partial charge in [0.15, 0.2) is 0 Å². The maximum absolute atomic E-state index is 5.76. The van der Waals surface area contributed by atoms with Crippen molar-refractivity contribution >= 4 is 22.4 Å². The van der Waals surface area contributed by atoms with E-state index in [0.717, 1.165) is 28.0 Å². The van der Waals surface area contributed by atoms with E-state index in [2.05, 4.69) is 14.7 Å². The lowest BCUT2D eigenvalue weighted by atomic mass is 10.2. The van der Waals surface area contributed by atoms with E-state index in [9.17, 15) is 0 Å². The first-order valence-corrected chi connectivity index (χ1v) is 7.64. The molecule has 0 aliphatic heterocycles. The maximum atomic E-state index is 5.76. The number of anilines is 2. The van der Waals surface area contributed by atoms with E-state index in [4.69, 9.17) is 10.5 Å². The Balaban J connectivity index is 1.75. The number of nitrogens with two attached hydrogens (primary N) is 1. The Hall–Kier alpha value is -1.66. The van der Waals surface area contributed by atoms with Crippen LogP contribution in [0, 0.1) is 0 Å². The van der Waals surface area contributed by atoms with Crippen molar-refractivity contribution in [3.05, 3.63) is 29.6 Å². The third-order valence-electron chi connectivity index (χ3n) is 3.22. The van der Waals surface area contributed by atoms with Crippen molar-refractivity contribution in [2.75, 3.05) is 11.9 Å². The number of benzene rings is 1. The van der Waals surface area contributed by atoms with E-state index in [1.165, 1.54) is 24.4 Å². The van der Waals surface area contributed by atoms with E-state index in [1.54, 1.807) is 0 Å². The molecule has 1 aliphatic carbocycles. The molecule has 0 saturated heterocycles. The van der Waals surface area contributed by atoms with Gasteiger partial charge >= 0.3 is 0 Å². The number of nitrogens with zero attached hydrogens (tertiary/aromatic N) is 2. The smallest absolute Gasteiger partial charge is 0.207 e. The van der Waals surface area contributed by atoms with E-state index >= 15 is 0 Å². The Morgan fingerprint density at radius 3 is 3.00 bits per heavy atom. The van der Waals surface area contributed by atoms with Crippen LogP contribution in [0.1, 0.15) is 37.1 Å². The first-order valence-electron chi connectivity index (χ1n) is 6.86. The van der Waals surface area contributed by atoms with Crippen molar-refractivity contribution < 1.29 is 4.74 Å². The number of aromatic nitrogens is 2. The molecule has 0 bridgehead atoms. The Morgan fingerprint density at radius 1 is 1.45 bits per heavy atom. The average molecular weight is 290 g/mol. The number of rotatable bonds is 6. The molecule has 3 rings (SSSR count). The van der Waals surface area contributed by atoms with Gasteiger partial charge in [0.1, 0.15) is 11.6 Å². The second-order valence-corrected chi connectivity index (χ2v) is 5.57. The summed E-state index contributed by atoms with van der Waals surface area (Å²) in [6.45, 7) is 3.06. The van der Waals surface area contributed by atoms with E-state index in [-0.39, 0.29) is 0 Å². The molecule has 1 heterocycles.